The molecule has 0 aliphatic heterocycles. The van der Waals surface area contributed by atoms with Gasteiger partial charge in [0.2, 0.25) is 0 Å². The molecule has 1 aromatic rings. The predicted molar refractivity (Wildman–Crippen MR) is 83.6 cm³/mol. The van der Waals surface area contributed by atoms with Crippen LogP contribution in [-0.4, -0.2) is 18.2 Å². The summed E-state index contributed by atoms with van der Waals surface area (Å²) in [7, 11) is 0. The number of nitrogens with one attached hydrogen (secondary N) is 1. The number of nitrogens with two attached hydrogens (primary N) is 1. The van der Waals surface area contributed by atoms with E-state index in [2.05, 4.69) is 37.5 Å². The zero-order valence-electron chi connectivity index (χ0n) is 13.0. The van der Waals surface area contributed by atoms with Gasteiger partial charge in [-0.1, -0.05) is 25.1 Å². The molecule has 0 amide bonds. The van der Waals surface area contributed by atoms with Gasteiger partial charge in [-0.3, -0.25) is 11.3 Å². The van der Waals surface area contributed by atoms with Crippen molar-refractivity contribution in [3.8, 4) is 0 Å². The van der Waals surface area contributed by atoms with Crippen LogP contribution in [0.1, 0.15) is 50.3 Å². The van der Waals surface area contributed by atoms with Crippen LogP contribution in [0.4, 0.5) is 0 Å². The van der Waals surface area contributed by atoms with Crippen LogP contribution in [0.25, 0.3) is 0 Å². The maximum Gasteiger partial charge on any atom is 0.0820 e. The highest BCUT2D eigenvalue weighted by molar-refractivity contribution is 5.35. The van der Waals surface area contributed by atoms with Crippen molar-refractivity contribution in [3.63, 3.8) is 0 Å². The van der Waals surface area contributed by atoms with E-state index in [9.17, 15) is 0 Å². The predicted octanol–water partition coefficient (Wildman–Crippen LogP) is 2.75. The Hall–Kier alpha value is -0.900. The van der Waals surface area contributed by atoms with E-state index in [4.69, 9.17) is 10.6 Å². The molecule has 3 heteroatoms. The Morgan fingerprint density at radius 2 is 2.05 bits per heavy atom. The van der Waals surface area contributed by atoms with Crippen molar-refractivity contribution in [1.82, 2.24) is 5.43 Å². The summed E-state index contributed by atoms with van der Waals surface area (Å²) in [6.45, 7) is 7.06. The molecule has 0 radical (unpaired) electrons. The quantitative estimate of drug-likeness (QED) is 0.594. The molecule has 1 aliphatic rings. The summed E-state index contributed by atoms with van der Waals surface area (Å²) in [6, 6.07) is 7.02. The molecule has 0 saturated carbocycles. The van der Waals surface area contributed by atoms with Crippen LogP contribution in [0.15, 0.2) is 18.2 Å². The average molecular weight is 276 g/mol. The van der Waals surface area contributed by atoms with Gasteiger partial charge in [0.1, 0.15) is 0 Å². The highest BCUT2D eigenvalue weighted by atomic mass is 16.5. The van der Waals surface area contributed by atoms with Crippen molar-refractivity contribution in [2.24, 2.45) is 5.84 Å². The van der Waals surface area contributed by atoms with Gasteiger partial charge in [-0.25, -0.2) is 0 Å². The molecule has 2 rings (SSSR count). The maximum atomic E-state index is 5.95. The molecule has 0 aromatic heterocycles. The molecule has 2 atom stereocenters. The van der Waals surface area contributed by atoms with Gasteiger partial charge in [0.15, 0.2) is 0 Å². The molecule has 0 saturated heterocycles. The topological polar surface area (TPSA) is 47.3 Å². The first-order valence-electron chi connectivity index (χ1n) is 7.83. The number of fused-ring (bicyclic) bond motifs is 1. The first kappa shape index (κ1) is 15.5. The first-order valence-corrected chi connectivity index (χ1v) is 7.83. The number of aryl methyl sites for hydroxylation is 2. The highest BCUT2D eigenvalue weighted by Gasteiger charge is 2.32. The van der Waals surface area contributed by atoms with Gasteiger partial charge < -0.3 is 4.74 Å². The van der Waals surface area contributed by atoms with Crippen LogP contribution < -0.4 is 11.3 Å². The largest absolute Gasteiger partial charge is 0.374 e. The summed E-state index contributed by atoms with van der Waals surface area (Å²) in [5.41, 5.74) is 7.15. The SMILES string of the molecule is CCOC(C)(CC)C(Cc1ccc2c(c1)CCC2)NN. The van der Waals surface area contributed by atoms with E-state index < -0.39 is 0 Å². The number of hydrogen-bond acceptors (Lipinski definition) is 3. The molecule has 112 valence electrons. The molecule has 3 nitrogen and oxygen atoms in total. The number of rotatable bonds is 7. The third kappa shape index (κ3) is 3.22. The van der Waals surface area contributed by atoms with Gasteiger partial charge >= 0.3 is 0 Å². The summed E-state index contributed by atoms with van der Waals surface area (Å²) >= 11 is 0. The number of hydrogen-bond donors (Lipinski definition) is 2. The van der Waals surface area contributed by atoms with Gasteiger partial charge in [0, 0.05) is 6.61 Å². The zero-order valence-corrected chi connectivity index (χ0v) is 13.0. The van der Waals surface area contributed by atoms with Crippen LogP contribution in [0.2, 0.25) is 0 Å². The monoisotopic (exact) mass is 276 g/mol. The van der Waals surface area contributed by atoms with Crippen molar-refractivity contribution < 1.29 is 4.74 Å². The molecule has 0 heterocycles. The number of hydrazine groups is 1. The maximum absolute atomic E-state index is 5.95. The molecule has 0 bridgehead atoms. The smallest absolute Gasteiger partial charge is 0.0820 e. The highest BCUT2D eigenvalue weighted by Crippen LogP contribution is 2.26. The van der Waals surface area contributed by atoms with Crippen LogP contribution >= 0.6 is 0 Å². The fraction of sp³-hybridized carbons (Fsp3) is 0.647. The Bertz CT molecular complexity index is 447. The van der Waals surface area contributed by atoms with E-state index >= 15 is 0 Å². The summed E-state index contributed by atoms with van der Waals surface area (Å²) in [5, 5.41) is 0. The average Bonchev–Trinajstić information content (AvgIpc) is 2.92. The van der Waals surface area contributed by atoms with Crippen LogP contribution in [0.5, 0.6) is 0 Å². The van der Waals surface area contributed by atoms with E-state index in [-0.39, 0.29) is 11.6 Å². The van der Waals surface area contributed by atoms with E-state index in [0.29, 0.717) is 6.61 Å². The van der Waals surface area contributed by atoms with Gasteiger partial charge in [-0.2, -0.15) is 0 Å². The lowest BCUT2D eigenvalue weighted by atomic mass is 9.88. The second-order valence-electron chi connectivity index (χ2n) is 5.98. The van der Waals surface area contributed by atoms with Crippen molar-refractivity contribution in [1.29, 1.82) is 0 Å². The minimum Gasteiger partial charge on any atom is -0.374 e. The molecule has 1 aliphatic carbocycles. The number of ether oxygens (including phenoxy) is 1. The molecular weight excluding hydrogens is 248 g/mol. The van der Waals surface area contributed by atoms with Crippen molar-refractivity contribution in [3.05, 3.63) is 34.9 Å². The van der Waals surface area contributed by atoms with Gasteiger partial charge in [0.05, 0.1) is 11.6 Å². The van der Waals surface area contributed by atoms with Gasteiger partial charge in [-0.15, -0.1) is 0 Å². The molecule has 2 unspecified atom stereocenters. The molecule has 20 heavy (non-hydrogen) atoms. The lowest BCUT2D eigenvalue weighted by Crippen LogP contribution is -2.54. The molecule has 0 fully saturated rings. The second-order valence-corrected chi connectivity index (χ2v) is 5.98. The van der Waals surface area contributed by atoms with Crippen molar-refractivity contribution >= 4 is 0 Å². The minimum absolute atomic E-state index is 0.131. The minimum atomic E-state index is -0.220. The summed E-state index contributed by atoms with van der Waals surface area (Å²) in [6.07, 6.45) is 5.61. The molecule has 0 spiro atoms. The molecular formula is C17H28N2O. The van der Waals surface area contributed by atoms with E-state index in [1.165, 1.54) is 36.0 Å². The molecule has 3 N–H and O–H groups in total. The third-order valence-electron chi connectivity index (χ3n) is 4.72. The summed E-state index contributed by atoms with van der Waals surface area (Å²) in [5.74, 6) is 5.80. The second kappa shape index (κ2) is 6.70. The van der Waals surface area contributed by atoms with Gasteiger partial charge in [-0.05, 0) is 62.6 Å². The normalized spacial score (nSPS) is 18.6. The van der Waals surface area contributed by atoms with Crippen molar-refractivity contribution in [2.45, 2.75) is 64.5 Å². The Labute approximate surface area is 122 Å². The number of benzene rings is 1. The van der Waals surface area contributed by atoms with E-state index in [1.54, 1.807) is 0 Å². The lowest BCUT2D eigenvalue weighted by molar-refractivity contribution is -0.0550. The Morgan fingerprint density at radius 1 is 1.30 bits per heavy atom. The lowest BCUT2D eigenvalue weighted by Gasteiger charge is -2.36. The Kier molecular flexibility index (Phi) is 5.19. The first-order chi connectivity index (χ1) is 9.62. The van der Waals surface area contributed by atoms with Crippen LogP contribution in [0.3, 0.4) is 0 Å². The molecule has 1 aromatic carbocycles. The van der Waals surface area contributed by atoms with Gasteiger partial charge in [0.25, 0.3) is 0 Å². The summed E-state index contributed by atoms with van der Waals surface area (Å²) < 4.78 is 5.95. The van der Waals surface area contributed by atoms with E-state index in [1.807, 2.05) is 6.92 Å². The summed E-state index contributed by atoms with van der Waals surface area (Å²) in [4.78, 5) is 0. The van der Waals surface area contributed by atoms with Crippen LogP contribution in [-0.2, 0) is 24.0 Å². The van der Waals surface area contributed by atoms with Crippen LogP contribution in [0, 0.1) is 0 Å². The fourth-order valence-electron chi connectivity index (χ4n) is 3.22. The van der Waals surface area contributed by atoms with Crippen molar-refractivity contribution in [2.75, 3.05) is 6.61 Å². The zero-order chi connectivity index (χ0) is 14.6. The Morgan fingerprint density at radius 3 is 2.70 bits per heavy atom. The standard InChI is InChI=1S/C17H28N2O/c1-4-17(3,20-5-2)16(19-18)12-13-9-10-14-7-6-8-15(14)11-13/h9-11,16,19H,4-8,12,18H2,1-3H3. The van der Waals surface area contributed by atoms with E-state index in [0.717, 1.165) is 12.8 Å². The fourth-order valence-corrected chi connectivity index (χ4v) is 3.22. The Balaban J connectivity index is 2.13. The third-order valence-corrected chi connectivity index (χ3v) is 4.72.